The van der Waals surface area contributed by atoms with Gasteiger partial charge in [0.25, 0.3) is 0 Å². The van der Waals surface area contributed by atoms with Gasteiger partial charge < -0.3 is 15.0 Å². The quantitative estimate of drug-likeness (QED) is 0.880. The standard InChI is InChI=1S/C16H22ClN3O3/c1-23-16(22)20-10-8-19(9-11-20)7-6-18-15(21)12-13-4-2-3-5-14(13)17/h2-5H,6-12H2,1H3,(H,18,21). The summed E-state index contributed by atoms with van der Waals surface area (Å²) in [5, 5.41) is 3.52. The van der Waals surface area contributed by atoms with E-state index in [0.717, 1.165) is 25.2 Å². The van der Waals surface area contributed by atoms with E-state index in [2.05, 4.69) is 10.2 Å². The van der Waals surface area contributed by atoms with Gasteiger partial charge in [-0.15, -0.1) is 0 Å². The first kappa shape index (κ1) is 17.6. The average molecular weight is 340 g/mol. The van der Waals surface area contributed by atoms with E-state index < -0.39 is 0 Å². The Morgan fingerprint density at radius 3 is 2.57 bits per heavy atom. The van der Waals surface area contributed by atoms with Gasteiger partial charge in [-0.1, -0.05) is 29.8 Å². The van der Waals surface area contributed by atoms with Crippen molar-refractivity contribution in [3.05, 3.63) is 34.9 Å². The van der Waals surface area contributed by atoms with Crippen molar-refractivity contribution in [3.63, 3.8) is 0 Å². The number of hydrogen-bond acceptors (Lipinski definition) is 4. The third-order valence-electron chi connectivity index (χ3n) is 3.86. The van der Waals surface area contributed by atoms with Gasteiger partial charge in [-0.3, -0.25) is 9.69 Å². The van der Waals surface area contributed by atoms with Crippen LogP contribution in [-0.4, -0.2) is 68.2 Å². The maximum Gasteiger partial charge on any atom is 0.409 e. The molecule has 6 nitrogen and oxygen atoms in total. The minimum atomic E-state index is -0.280. The van der Waals surface area contributed by atoms with E-state index in [4.69, 9.17) is 16.3 Å². The van der Waals surface area contributed by atoms with Crippen LogP contribution in [0.3, 0.4) is 0 Å². The highest BCUT2D eigenvalue weighted by Gasteiger charge is 2.21. The fourth-order valence-corrected chi connectivity index (χ4v) is 2.72. The molecule has 0 unspecified atom stereocenters. The summed E-state index contributed by atoms with van der Waals surface area (Å²) in [7, 11) is 1.39. The number of piperazine rings is 1. The molecule has 0 spiro atoms. The minimum Gasteiger partial charge on any atom is -0.453 e. The Bertz CT molecular complexity index is 545. The SMILES string of the molecule is COC(=O)N1CCN(CCNC(=O)Cc2ccccc2Cl)CC1. The highest BCUT2D eigenvalue weighted by atomic mass is 35.5. The topological polar surface area (TPSA) is 61.9 Å². The summed E-state index contributed by atoms with van der Waals surface area (Å²) >= 11 is 6.04. The van der Waals surface area contributed by atoms with Crippen LogP contribution in [0.2, 0.25) is 5.02 Å². The van der Waals surface area contributed by atoms with Gasteiger partial charge in [-0.25, -0.2) is 4.79 Å². The van der Waals surface area contributed by atoms with Crippen molar-refractivity contribution in [2.24, 2.45) is 0 Å². The fraction of sp³-hybridized carbons (Fsp3) is 0.500. The first-order chi connectivity index (χ1) is 11.1. The molecule has 1 aliphatic rings. The number of nitrogens with zero attached hydrogens (tertiary/aromatic N) is 2. The monoisotopic (exact) mass is 339 g/mol. The van der Waals surface area contributed by atoms with E-state index in [1.54, 1.807) is 11.0 Å². The first-order valence-corrected chi connectivity index (χ1v) is 8.03. The molecule has 0 saturated carbocycles. The fourth-order valence-electron chi connectivity index (χ4n) is 2.51. The van der Waals surface area contributed by atoms with Crippen LogP contribution in [-0.2, 0) is 16.0 Å². The van der Waals surface area contributed by atoms with Crippen molar-refractivity contribution >= 4 is 23.6 Å². The van der Waals surface area contributed by atoms with E-state index in [1.807, 2.05) is 18.2 Å². The van der Waals surface area contributed by atoms with E-state index in [1.165, 1.54) is 7.11 Å². The number of methoxy groups -OCH3 is 1. The highest BCUT2D eigenvalue weighted by Crippen LogP contribution is 2.15. The molecule has 2 rings (SSSR count). The number of ether oxygens (including phenoxy) is 1. The third-order valence-corrected chi connectivity index (χ3v) is 4.23. The zero-order valence-corrected chi connectivity index (χ0v) is 14.0. The Hall–Kier alpha value is -1.79. The molecule has 1 aromatic carbocycles. The Kier molecular flexibility index (Phi) is 6.67. The summed E-state index contributed by atoms with van der Waals surface area (Å²) in [6, 6.07) is 7.35. The molecule has 2 amide bonds. The Labute approximate surface area is 141 Å². The molecular weight excluding hydrogens is 318 g/mol. The Morgan fingerprint density at radius 2 is 1.91 bits per heavy atom. The molecule has 1 saturated heterocycles. The van der Waals surface area contributed by atoms with Gasteiger partial charge in [0, 0.05) is 44.3 Å². The van der Waals surface area contributed by atoms with Gasteiger partial charge in [0.1, 0.15) is 0 Å². The molecule has 0 bridgehead atoms. The third kappa shape index (κ3) is 5.41. The van der Waals surface area contributed by atoms with Crippen molar-refractivity contribution in [2.75, 3.05) is 46.4 Å². The van der Waals surface area contributed by atoms with Crippen LogP contribution in [0, 0.1) is 0 Å². The minimum absolute atomic E-state index is 0.0358. The molecule has 0 radical (unpaired) electrons. The summed E-state index contributed by atoms with van der Waals surface area (Å²) in [6.07, 6.45) is 0.00758. The predicted octanol–water partition coefficient (Wildman–Crippen LogP) is 1.38. The number of nitrogens with one attached hydrogen (secondary N) is 1. The van der Waals surface area contributed by atoms with Crippen LogP contribution in [0.1, 0.15) is 5.56 Å². The van der Waals surface area contributed by atoms with Crippen LogP contribution in [0.5, 0.6) is 0 Å². The van der Waals surface area contributed by atoms with Crippen LogP contribution in [0.4, 0.5) is 4.79 Å². The molecule has 7 heteroatoms. The van der Waals surface area contributed by atoms with Crippen LogP contribution in [0.25, 0.3) is 0 Å². The van der Waals surface area contributed by atoms with Crippen LogP contribution in [0.15, 0.2) is 24.3 Å². The smallest absolute Gasteiger partial charge is 0.409 e. The molecule has 0 aromatic heterocycles. The second kappa shape index (κ2) is 8.74. The molecule has 1 aromatic rings. The molecule has 0 aliphatic carbocycles. The second-order valence-corrected chi connectivity index (χ2v) is 5.82. The summed E-state index contributed by atoms with van der Waals surface area (Å²) in [5.41, 5.74) is 0.832. The lowest BCUT2D eigenvalue weighted by Gasteiger charge is -2.33. The molecule has 1 aliphatic heterocycles. The lowest BCUT2D eigenvalue weighted by molar-refractivity contribution is -0.120. The van der Waals surface area contributed by atoms with Crippen molar-refractivity contribution < 1.29 is 14.3 Å². The summed E-state index contributed by atoms with van der Waals surface area (Å²) in [5.74, 6) is -0.0358. The van der Waals surface area contributed by atoms with E-state index in [0.29, 0.717) is 24.7 Å². The summed E-state index contributed by atoms with van der Waals surface area (Å²) in [4.78, 5) is 27.2. The van der Waals surface area contributed by atoms with Crippen molar-refractivity contribution in [3.8, 4) is 0 Å². The van der Waals surface area contributed by atoms with E-state index in [9.17, 15) is 9.59 Å². The van der Waals surface area contributed by atoms with Gasteiger partial charge >= 0.3 is 6.09 Å². The van der Waals surface area contributed by atoms with E-state index in [-0.39, 0.29) is 18.4 Å². The zero-order chi connectivity index (χ0) is 16.7. The van der Waals surface area contributed by atoms with E-state index >= 15 is 0 Å². The van der Waals surface area contributed by atoms with Crippen molar-refractivity contribution in [1.29, 1.82) is 0 Å². The number of rotatable bonds is 5. The van der Waals surface area contributed by atoms with Gasteiger partial charge in [-0.05, 0) is 11.6 Å². The van der Waals surface area contributed by atoms with Gasteiger partial charge in [0.2, 0.25) is 5.91 Å². The molecule has 1 N–H and O–H groups in total. The van der Waals surface area contributed by atoms with Gasteiger partial charge in [0.05, 0.1) is 13.5 Å². The number of amides is 2. The number of carbonyl (C=O) groups is 2. The van der Waals surface area contributed by atoms with Crippen molar-refractivity contribution in [2.45, 2.75) is 6.42 Å². The number of benzene rings is 1. The van der Waals surface area contributed by atoms with Crippen molar-refractivity contribution in [1.82, 2.24) is 15.1 Å². The largest absolute Gasteiger partial charge is 0.453 e. The second-order valence-electron chi connectivity index (χ2n) is 5.42. The summed E-state index contributed by atoms with van der Waals surface area (Å²) in [6.45, 7) is 4.23. The first-order valence-electron chi connectivity index (χ1n) is 7.65. The number of hydrogen-bond donors (Lipinski definition) is 1. The molecule has 1 fully saturated rings. The lowest BCUT2D eigenvalue weighted by atomic mass is 10.1. The average Bonchev–Trinajstić information content (AvgIpc) is 2.57. The predicted molar refractivity (Wildman–Crippen MR) is 88.6 cm³/mol. The molecule has 0 atom stereocenters. The normalized spacial score (nSPS) is 15.3. The summed E-state index contributed by atoms with van der Waals surface area (Å²) < 4.78 is 4.70. The zero-order valence-electron chi connectivity index (χ0n) is 13.3. The molecular formula is C16H22ClN3O3. The molecule has 1 heterocycles. The Balaban J connectivity index is 1.65. The molecule has 23 heavy (non-hydrogen) atoms. The van der Waals surface area contributed by atoms with Crippen LogP contribution < -0.4 is 5.32 Å². The van der Waals surface area contributed by atoms with Crippen LogP contribution >= 0.6 is 11.6 Å². The highest BCUT2D eigenvalue weighted by molar-refractivity contribution is 6.31. The number of carbonyl (C=O) groups excluding carboxylic acids is 2. The maximum absolute atomic E-state index is 11.9. The Morgan fingerprint density at radius 1 is 1.22 bits per heavy atom. The lowest BCUT2D eigenvalue weighted by Crippen LogP contribution is -2.50. The number of halogens is 1. The molecule has 126 valence electrons. The maximum atomic E-state index is 11.9. The van der Waals surface area contributed by atoms with Gasteiger partial charge in [0.15, 0.2) is 0 Å². The van der Waals surface area contributed by atoms with Gasteiger partial charge in [-0.2, -0.15) is 0 Å².